The van der Waals surface area contributed by atoms with Gasteiger partial charge in [-0.05, 0) is 47.0 Å². The first-order valence-electron chi connectivity index (χ1n) is 7.04. The summed E-state index contributed by atoms with van der Waals surface area (Å²) < 4.78 is 0.923. The molecule has 2 heterocycles. The van der Waals surface area contributed by atoms with E-state index in [0.717, 1.165) is 17.6 Å². The van der Waals surface area contributed by atoms with Crippen LogP contribution in [0.4, 0.5) is 0 Å². The summed E-state index contributed by atoms with van der Waals surface area (Å²) in [7, 11) is 0. The molecule has 1 saturated heterocycles. The second-order valence-electron chi connectivity index (χ2n) is 5.18. The number of halogens is 1. The second-order valence-corrected chi connectivity index (χ2v) is 6.88. The van der Waals surface area contributed by atoms with Crippen molar-refractivity contribution in [1.82, 2.24) is 10.2 Å². The number of nitrogens with zero attached hydrogens (tertiary/aromatic N) is 1. The number of hydrogen-bond acceptors (Lipinski definition) is 3. The Morgan fingerprint density at radius 2 is 2.24 bits per heavy atom. The molecule has 1 fully saturated rings. The van der Waals surface area contributed by atoms with Gasteiger partial charge in [0.2, 0.25) is 0 Å². The number of carbonyl (C=O) groups excluding carboxylic acids is 1. The number of hydrogen-bond donors (Lipinski definition) is 1. The van der Waals surface area contributed by atoms with Crippen LogP contribution in [0.2, 0.25) is 0 Å². The fourth-order valence-electron chi connectivity index (χ4n) is 2.50. The zero-order chi connectivity index (χ0) is 14.7. The van der Waals surface area contributed by atoms with Gasteiger partial charge in [0, 0.05) is 29.7 Å². The fourth-order valence-corrected chi connectivity index (χ4v) is 3.60. The van der Waals surface area contributed by atoms with Crippen LogP contribution in [0.1, 0.15) is 28.4 Å². The summed E-state index contributed by atoms with van der Waals surface area (Å²) in [6.07, 6.45) is 1.25. The van der Waals surface area contributed by atoms with Gasteiger partial charge < -0.3 is 5.32 Å². The topological polar surface area (TPSA) is 32.3 Å². The highest BCUT2D eigenvalue weighted by molar-refractivity contribution is 9.10. The zero-order valence-electron chi connectivity index (χ0n) is 11.6. The quantitative estimate of drug-likeness (QED) is 0.877. The molecule has 0 spiro atoms. The average Bonchev–Trinajstić information content (AvgIpc) is 2.94. The van der Waals surface area contributed by atoms with Crippen molar-refractivity contribution >= 4 is 33.2 Å². The van der Waals surface area contributed by atoms with E-state index >= 15 is 0 Å². The second kappa shape index (κ2) is 6.73. The number of benzene rings is 1. The number of thiophene rings is 1. The standard InChI is InChI=1S/C16H17BrN2OS/c17-14-4-1-3-12(9-14)16(20)18-10-15(19-6-2-7-19)13-5-8-21-11-13/h1,3-5,8-9,11,15H,2,6-7,10H2,(H,18,20)/t15-/m0/s1. The molecular weight excluding hydrogens is 348 g/mol. The third kappa shape index (κ3) is 3.54. The maximum absolute atomic E-state index is 12.3. The van der Waals surface area contributed by atoms with E-state index in [9.17, 15) is 4.79 Å². The van der Waals surface area contributed by atoms with Crippen LogP contribution < -0.4 is 5.32 Å². The minimum Gasteiger partial charge on any atom is -0.350 e. The molecule has 3 nitrogen and oxygen atoms in total. The van der Waals surface area contributed by atoms with Crippen molar-refractivity contribution in [2.75, 3.05) is 19.6 Å². The molecule has 1 aliphatic heterocycles. The summed E-state index contributed by atoms with van der Waals surface area (Å²) in [5, 5.41) is 7.34. The van der Waals surface area contributed by atoms with E-state index in [4.69, 9.17) is 0 Å². The molecule has 110 valence electrons. The van der Waals surface area contributed by atoms with Crippen molar-refractivity contribution in [3.05, 3.63) is 56.7 Å². The lowest BCUT2D eigenvalue weighted by atomic mass is 10.0. The van der Waals surface area contributed by atoms with Crippen LogP contribution in [-0.4, -0.2) is 30.4 Å². The number of nitrogens with one attached hydrogen (secondary N) is 1. The number of amides is 1. The van der Waals surface area contributed by atoms with Crippen LogP contribution in [0.15, 0.2) is 45.6 Å². The molecular formula is C16H17BrN2OS. The number of likely N-dealkylation sites (tertiary alicyclic amines) is 1. The molecule has 0 radical (unpaired) electrons. The molecule has 1 aromatic carbocycles. The number of rotatable bonds is 5. The molecule has 3 rings (SSSR count). The maximum atomic E-state index is 12.3. The van der Waals surface area contributed by atoms with Crippen LogP contribution in [0, 0.1) is 0 Å². The molecule has 1 atom stereocenters. The van der Waals surface area contributed by atoms with E-state index in [1.54, 1.807) is 11.3 Å². The van der Waals surface area contributed by atoms with Crippen molar-refractivity contribution in [3.63, 3.8) is 0 Å². The molecule has 2 aromatic rings. The van der Waals surface area contributed by atoms with Gasteiger partial charge in [-0.25, -0.2) is 0 Å². The van der Waals surface area contributed by atoms with Crippen LogP contribution >= 0.6 is 27.3 Å². The first-order valence-corrected chi connectivity index (χ1v) is 8.77. The van der Waals surface area contributed by atoms with Gasteiger partial charge in [0.1, 0.15) is 0 Å². The summed E-state index contributed by atoms with van der Waals surface area (Å²) in [5.41, 5.74) is 1.99. The first-order chi connectivity index (χ1) is 10.2. The van der Waals surface area contributed by atoms with Gasteiger partial charge in [-0.2, -0.15) is 11.3 Å². The summed E-state index contributed by atoms with van der Waals surface area (Å²) in [6.45, 7) is 2.89. The van der Waals surface area contributed by atoms with Crippen LogP contribution in [0.3, 0.4) is 0 Å². The minimum absolute atomic E-state index is 0.0166. The average molecular weight is 365 g/mol. The summed E-state index contributed by atoms with van der Waals surface area (Å²) >= 11 is 5.11. The Morgan fingerprint density at radius 1 is 1.38 bits per heavy atom. The maximum Gasteiger partial charge on any atom is 0.251 e. The van der Waals surface area contributed by atoms with Gasteiger partial charge in [-0.15, -0.1) is 0 Å². The van der Waals surface area contributed by atoms with E-state index in [1.807, 2.05) is 24.3 Å². The molecule has 21 heavy (non-hydrogen) atoms. The van der Waals surface area contributed by atoms with Gasteiger partial charge >= 0.3 is 0 Å². The Labute approximate surface area is 137 Å². The molecule has 0 aliphatic carbocycles. The molecule has 1 aliphatic rings. The molecule has 1 amide bonds. The van der Waals surface area contributed by atoms with Crippen LogP contribution in [0.5, 0.6) is 0 Å². The monoisotopic (exact) mass is 364 g/mol. The van der Waals surface area contributed by atoms with Crippen molar-refractivity contribution < 1.29 is 4.79 Å². The predicted molar refractivity (Wildman–Crippen MR) is 89.7 cm³/mol. The van der Waals surface area contributed by atoms with Gasteiger partial charge in [-0.1, -0.05) is 22.0 Å². The molecule has 1 N–H and O–H groups in total. The summed E-state index contributed by atoms with van der Waals surface area (Å²) in [6, 6.07) is 9.93. The van der Waals surface area contributed by atoms with Gasteiger partial charge in [0.15, 0.2) is 0 Å². The Bertz CT molecular complexity index is 610. The lowest BCUT2D eigenvalue weighted by Gasteiger charge is -2.38. The molecule has 0 unspecified atom stereocenters. The lowest BCUT2D eigenvalue weighted by molar-refractivity contribution is 0.0885. The fraction of sp³-hybridized carbons (Fsp3) is 0.312. The normalized spacial score (nSPS) is 16.2. The third-order valence-corrected chi connectivity index (χ3v) is 5.00. The largest absolute Gasteiger partial charge is 0.350 e. The highest BCUT2D eigenvalue weighted by Crippen LogP contribution is 2.26. The van der Waals surface area contributed by atoms with Crippen LogP contribution in [-0.2, 0) is 0 Å². The first kappa shape index (κ1) is 14.8. The van der Waals surface area contributed by atoms with E-state index < -0.39 is 0 Å². The van der Waals surface area contributed by atoms with Crippen molar-refractivity contribution in [2.45, 2.75) is 12.5 Å². The minimum atomic E-state index is -0.0166. The highest BCUT2D eigenvalue weighted by Gasteiger charge is 2.26. The van der Waals surface area contributed by atoms with Gasteiger partial charge in [0.05, 0.1) is 6.04 Å². The van der Waals surface area contributed by atoms with E-state index in [1.165, 1.54) is 12.0 Å². The van der Waals surface area contributed by atoms with E-state index in [-0.39, 0.29) is 5.91 Å². The van der Waals surface area contributed by atoms with Crippen molar-refractivity contribution in [3.8, 4) is 0 Å². The smallest absolute Gasteiger partial charge is 0.251 e. The molecule has 1 aromatic heterocycles. The predicted octanol–water partition coefficient (Wildman–Crippen LogP) is 3.69. The Balaban J connectivity index is 1.65. The molecule has 0 saturated carbocycles. The molecule has 0 bridgehead atoms. The zero-order valence-corrected chi connectivity index (χ0v) is 14.0. The van der Waals surface area contributed by atoms with Gasteiger partial charge in [0.25, 0.3) is 5.91 Å². The molecule has 5 heteroatoms. The summed E-state index contributed by atoms with van der Waals surface area (Å²) in [5.74, 6) is -0.0166. The van der Waals surface area contributed by atoms with Crippen molar-refractivity contribution in [1.29, 1.82) is 0 Å². The van der Waals surface area contributed by atoms with Crippen LogP contribution in [0.25, 0.3) is 0 Å². The SMILES string of the molecule is O=C(NC[C@@H](c1ccsc1)N1CCC1)c1cccc(Br)c1. The summed E-state index contributed by atoms with van der Waals surface area (Å²) in [4.78, 5) is 14.7. The number of carbonyl (C=O) groups is 1. The highest BCUT2D eigenvalue weighted by atomic mass is 79.9. The third-order valence-electron chi connectivity index (χ3n) is 3.80. The van der Waals surface area contributed by atoms with E-state index in [2.05, 4.69) is 43.0 Å². The lowest BCUT2D eigenvalue weighted by Crippen LogP contribution is -2.45. The Kier molecular flexibility index (Phi) is 4.73. The van der Waals surface area contributed by atoms with E-state index in [0.29, 0.717) is 18.2 Å². The van der Waals surface area contributed by atoms with Gasteiger partial charge in [-0.3, -0.25) is 9.69 Å². The Morgan fingerprint density at radius 3 is 2.86 bits per heavy atom. The van der Waals surface area contributed by atoms with Crippen molar-refractivity contribution in [2.24, 2.45) is 0 Å². The Hall–Kier alpha value is -1.17.